The van der Waals surface area contributed by atoms with Crippen molar-refractivity contribution >= 4 is 6.41 Å². The van der Waals surface area contributed by atoms with Crippen LogP contribution in [0.5, 0.6) is 0 Å². The van der Waals surface area contributed by atoms with Gasteiger partial charge >= 0.3 is 6.41 Å². The van der Waals surface area contributed by atoms with E-state index in [1.54, 1.807) is 6.41 Å². The molecule has 0 bridgehead atoms. The van der Waals surface area contributed by atoms with Crippen LogP contribution in [0.3, 0.4) is 0 Å². The molecule has 0 fully saturated rings. The van der Waals surface area contributed by atoms with Crippen molar-refractivity contribution in [2.75, 3.05) is 0 Å². The number of benzene rings is 1. The van der Waals surface area contributed by atoms with Crippen LogP contribution >= 0.6 is 0 Å². The lowest BCUT2D eigenvalue weighted by Gasteiger charge is -1.95. The van der Waals surface area contributed by atoms with Gasteiger partial charge < -0.3 is 5.32 Å². The van der Waals surface area contributed by atoms with Crippen LogP contribution in [0.4, 0.5) is 0 Å². The van der Waals surface area contributed by atoms with Crippen molar-refractivity contribution in [3.63, 3.8) is 0 Å². The van der Waals surface area contributed by atoms with Crippen molar-refractivity contribution in [2.24, 2.45) is 0 Å². The van der Waals surface area contributed by atoms with Crippen LogP contribution in [0.15, 0.2) is 30.3 Å². The summed E-state index contributed by atoms with van der Waals surface area (Å²) < 4.78 is 0. The molecule has 0 unspecified atom stereocenters. The van der Waals surface area contributed by atoms with Crippen molar-refractivity contribution in [2.45, 2.75) is 6.54 Å². The third-order valence-electron chi connectivity index (χ3n) is 1.21. The van der Waals surface area contributed by atoms with Gasteiger partial charge in [0.2, 0.25) is 0 Å². The van der Waals surface area contributed by atoms with Gasteiger partial charge in [-0.25, -0.2) is 0 Å². The maximum absolute atomic E-state index is 9.74. The Morgan fingerprint density at radius 3 is 2.60 bits per heavy atom. The number of carbonyl (C=O) groups excluding carboxylic acids is 1. The molecule has 2 heteroatoms. The summed E-state index contributed by atoms with van der Waals surface area (Å²) in [4.78, 5) is 9.74. The first-order valence-corrected chi connectivity index (χ1v) is 3.07. The van der Waals surface area contributed by atoms with Crippen LogP contribution in [0.25, 0.3) is 0 Å². The SMILES string of the molecule is O=[C]NCc1ccccc1. The molecule has 0 aliphatic carbocycles. The molecule has 51 valence electrons. The zero-order chi connectivity index (χ0) is 7.23. The van der Waals surface area contributed by atoms with Crippen molar-refractivity contribution in [3.05, 3.63) is 35.9 Å². The molecule has 2 nitrogen and oxygen atoms in total. The number of hydrogen-bond donors (Lipinski definition) is 1. The molecular formula is C8H8NO. The predicted octanol–water partition coefficient (Wildman–Crippen LogP) is 0.843. The van der Waals surface area contributed by atoms with Crippen LogP contribution in [-0.2, 0) is 11.3 Å². The fraction of sp³-hybridized carbons (Fsp3) is 0.125. The average Bonchev–Trinajstić information content (AvgIpc) is 2.03. The molecule has 0 saturated heterocycles. The van der Waals surface area contributed by atoms with Gasteiger partial charge in [0.25, 0.3) is 0 Å². The third-order valence-corrected chi connectivity index (χ3v) is 1.21. The van der Waals surface area contributed by atoms with Gasteiger partial charge in [-0.05, 0) is 5.56 Å². The highest BCUT2D eigenvalue weighted by molar-refractivity contribution is 5.47. The van der Waals surface area contributed by atoms with Gasteiger partial charge in [0.1, 0.15) is 0 Å². The predicted molar refractivity (Wildman–Crippen MR) is 39.0 cm³/mol. The molecule has 0 aliphatic rings. The molecule has 0 heterocycles. The summed E-state index contributed by atoms with van der Waals surface area (Å²) in [5, 5.41) is 2.46. The first kappa shape index (κ1) is 6.81. The monoisotopic (exact) mass is 134 g/mol. The molecule has 1 amide bonds. The Morgan fingerprint density at radius 1 is 1.30 bits per heavy atom. The fourth-order valence-corrected chi connectivity index (χ4v) is 0.734. The topological polar surface area (TPSA) is 29.1 Å². The van der Waals surface area contributed by atoms with Crippen molar-refractivity contribution < 1.29 is 4.79 Å². The Kier molecular flexibility index (Phi) is 2.49. The maximum Gasteiger partial charge on any atom is 0.309 e. The number of rotatable bonds is 3. The van der Waals surface area contributed by atoms with Gasteiger partial charge in [-0.2, -0.15) is 0 Å². The van der Waals surface area contributed by atoms with Crippen molar-refractivity contribution in [1.29, 1.82) is 0 Å². The Hall–Kier alpha value is -1.31. The Labute approximate surface area is 59.9 Å². The molecule has 10 heavy (non-hydrogen) atoms. The molecule has 1 N–H and O–H groups in total. The summed E-state index contributed by atoms with van der Waals surface area (Å²) in [6.45, 7) is 0.560. The molecule has 1 aromatic carbocycles. The number of nitrogens with one attached hydrogen (secondary N) is 1. The van der Waals surface area contributed by atoms with E-state index >= 15 is 0 Å². The van der Waals surface area contributed by atoms with Crippen LogP contribution in [0.2, 0.25) is 0 Å². The second kappa shape index (κ2) is 3.67. The second-order valence-corrected chi connectivity index (χ2v) is 1.94. The zero-order valence-corrected chi connectivity index (χ0v) is 5.50. The lowest BCUT2D eigenvalue weighted by atomic mass is 10.2. The summed E-state index contributed by atoms with van der Waals surface area (Å²) in [5.74, 6) is 0. The summed E-state index contributed by atoms with van der Waals surface area (Å²) in [6, 6.07) is 9.70. The van der Waals surface area contributed by atoms with Gasteiger partial charge in [-0.15, -0.1) is 0 Å². The van der Waals surface area contributed by atoms with E-state index in [0.717, 1.165) is 5.56 Å². The average molecular weight is 134 g/mol. The van der Waals surface area contributed by atoms with Gasteiger partial charge in [0, 0.05) is 6.54 Å². The van der Waals surface area contributed by atoms with E-state index in [1.807, 2.05) is 30.3 Å². The number of hydrogen-bond acceptors (Lipinski definition) is 1. The van der Waals surface area contributed by atoms with E-state index in [2.05, 4.69) is 5.32 Å². The summed E-state index contributed by atoms with van der Waals surface area (Å²) in [6.07, 6.45) is 1.62. The maximum atomic E-state index is 9.74. The first-order valence-electron chi connectivity index (χ1n) is 3.07. The minimum absolute atomic E-state index is 0.560. The fourth-order valence-electron chi connectivity index (χ4n) is 0.734. The molecule has 0 atom stereocenters. The van der Waals surface area contributed by atoms with Crippen LogP contribution in [0.1, 0.15) is 5.56 Å². The Bertz CT molecular complexity index is 196. The minimum atomic E-state index is 0.560. The summed E-state index contributed by atoms with van der Waals surface area (Å²) >= 11 is 0. The van der Waals surface area contributed by atoms with Crippen LogP contribution in [-0.4, -0.2) is 6.41 Å². The molecule has 1 aromatic rings. The van der Waals surface area contributed by atoms with Gasteiger partial charge in [-0.1, -0.05) is 30.3 Å². The van der Waals surface area contributed by atoms with E-state index in [0.29, 0.717) is 6.54 Å². The van der Waals surface area contributed by atoms with E-state index in [4.69, 9.17) is 0 Å². The minimum Gasteiger partial charge on any atom is -0.344 e. The highest BCUT2D eigenvalue weighted by Crippen LogP contribution is 1.95. The molecule has 0 saturated carbocycles. The molecule has 0 aliphatic heterocycles. The largest absolute Gasteiger partial charge is 0.344 e. The highest BCUT2D eigenvalue weighted by Gasteiger charge is 1.86. The normalized spacial score (nSPS) is 8.80. The lowest BCUT2D eigenvalue weighted by molar-refractivity contribution is 0.542. The number of amides is 1. The van der Waals surface area contributed by atoms with Crippen LogP contribution < -0.4 is 5.32 Å². The van der Waals surface area contributed by atoms with Gasteiger partial charge in [-0.3, -0.25) is 4.79 Å². The van der Waals surface area contributed by atoms with Crippen molar-refractivity contribution in [1.82, 2.24) is 5.32 Å². The zero-order valence-electron chi connectivity index (χ0n) is 5.50. The quantitative estimate of drug-likeness (QED) is 0.610. The molecule has 1 radical (unpaired) electrons. The van der Waals surface area contributed by atoms with Crippen molar-refractivity contribution in [3.8, 4) is 0 Å². The smallest absolute Gasteiger partial charge is 0.309 e. The second-order valence-electron chi connectivity index (χ2n) is 1.94. The summed E-state index contributed by atoms with van der Waals surface area (Å²) in [5.41, 5.74) is 1.09. The van der Waals surface area contributed by atoms with E-state index in [-0.39, 0.29) is 0 Å². The highest BCUT2D eigenvalue weighted by atomic mass is 16.1. The third kappa shape index (κ3) is 1.90. The van der Waals surface area contributed by atoms with Gasteiger partial charge in [0.05, 0.1) is 0 Å². The molecule has 1 rings (SSSR count). The van der Waals surface area contributed by atoms with E-state index in [1.165, 1.54) is 0 Å². The Morgan fingerprint density at radius 2 is 2.00 bits per heavy atom. The van der Waals surface area contributed by atoms with Gasteiger partial charge in [0.15, 0.2) is 0 Å². The molecule has 0 spiro atoms. The van der Waals surface area contributed by atoms with E-state index < -0.39 is 0 Å². The molecule has 0 aromatic heterocycles. The Balaban J connectivity index is 2.50. The lowest BCUT2D eigenvalue weighted by Crippen LogP contribution is -2.08. The summed E-state index contributed by atoms with van der Waals surface area (Å²) in [7, 11) is 0. The standard InChI is InChI=1S/C8H8NO/c10-7-9-6-8-4-2-1-3-5-8/h1-5H,6H2,(H,9,10). The molecular weight excluding hydrogens is 126 g/mol. The first-order chi connectivity index (χ1) is 4.93. The van der Waals surface area contributed by atoms with E-state index in [9.17, 15) is 4.79 Å². The van der Waals surface area contributed by atoms with Crippen LogP contribution in [0, 0.1) is 0 Å².